The Morgan fingerprint density at radius 1 is 1.08 bits per heavy atom. The van der Waals surface area contributed by atoms with Crippen LogP contribution in [0.3, 0.4) is 0 Å². The molecule has 5 heteroatoms. The average Bonchev–Trinajstić information content (AvgIpc) is 2.65. The van der Waals surface area contributed by atoms with Crippen molar-refractivity contribution in [2.24, 2.45) is 0 Å². The van der Waals surface area contributed by atoms with E-state index in [-0.39, 0.29) is 6.61 Å². The molecule has 0 aliphatic carbocycles. The first-order valence-corrected chi connectivity index (χ1v) is 8.48. The Hall–Kier alpha value is -3.08. The second-order valence-corrected chi connectivity index (χ2v) is 6.29. The molecule has 0 aliphatic heterocycles. The number of esters is 1. The number of ether oxygens (including phenoxy) is 1. The predicted molar refractivity (Wildman–Crippen MR) is 102 cm³/mol. The van der Waals surface area contributed by atoms with Crippen molar-refractivity contribution in [2.75, 3.05) is 19.0 Å². The summed E-state index contributed by atoms with van der Waals surface area (Å²) in [7, 11) is 3.87. The lowest BCUT2D eigenvalue weighted by Crippen LogP contribution is -2.10. The molecule has 3 rings (SSSR count). The number of benzene rings is 2. The van der Waals surface area contributed by atoms with E-state index >= 15 is 0 Å². The molecule has 0 amide bonds. The SMILES string of the molecule is CCc1ccc2c(COC(=O)c3ccc(N(C)C)cc3)cc(=O)oc2c1. The van der Waals surface area contributed by atoms with E-state index in [4.69, 9.17) is 9.15 Å². The quantitative estimate of drug-likeness (QED) is 0.517. The van der Waals surface area contributed by atoms with Gasteiger partial charge in [-0.05, 0) is 42.3 Å². The van der Waals surface area contributed by atoms with Gasteiger partial charge in [0, 0.05) is 36.8 Å². The zero-order chi connectivity index (χ0) is 18.7. The summed E-state index contributed by atoms with van der Waals surface area (Å²) in [6.45, 7) is 2.05. The molecule has 0 fully saturated rings. The van der Waals surface area contributed by atoms with Gasteiger partial charge in [-0.1, -0.05) is 19.1 Å². The van der Waals surface area contributed by atoms with Crippen LogP contribution < -0.4 is 10.5 Å². The molecular formula is C21H21NO4. The maximum atomic E-state index is 12.3. The van der Waals surface area contributed by atoms with Gasteiger partial charge in [-0.25, -0.2) is 9.59 Å². The molecule has 0 atom stereocenters. The number of aryl methyl sites for hydroxylation is 1. The van der Waals surface area contributed by atoms with Crippen LogP contribution in [0, 0.1) is 0 Å². The summed E-state index contributed by atoms with van der Waals surface area (Å²) in [5, 5.41) is 0.776. The number of carbonyl (C=O) groups is 1. The Morgan fingerprint density at radius 3 is 2.46 bits per heavy atom. The third kappa shape index (κ3) is 3.77. The third-order valence-corrected chi connectivity index (χ3v) is 4.28. The van der Waals surface area contributed by atoms with Gasteiger partial charge in [-0.3, -0.25) is 0 Å². The molecule has 0 saturated heterocycles. The first kappa shape index (κ1) is 17.7. The molecular weight excluding hydrogens is 330 g/mol. The van der Waals surface area contributed by atoms with Gasteiger partial charge in [0.15, 0.2) is 0 Å². The molecule has 26 heavy (non-hydrogen) atoms. The smallest absolute Gasteiger partial charge is 0.338 e. The summed E-state index contributed by atoms with van der Waals surface area (Å²) in [5.41, 5.74) is 3.24. The Bertz CT molecular complexity index is 987. The zero-order valence-corrected chi connectivity index (χ0v) is 15.1. The van der Waals surface area contributed by atoms with Crippen molar-refractivity contribution in [3.8, 4) is 0 Å². The van der Waals surface area contributed by atoms with Crippen molar-refractivity contribution < 1.29 is 13.9 Å². The molecule has 1 aromatic heterocycles. The van der Waals surface area contributed by atoms with Crippen LogP contribution in [0.25, 0.3) is 11.0 Å². The number of rotatable bonds is 5. The highest BCUT2D eigenvalue weighted by atomic mass is 16.5. The van der Waals surface area contributed by atoms with Crippen LogP contribution in [0.5, 0.6) is 0 Å². The standard InChI is InChI=1S/C21H21NO4/c1-4-14-5-10-18-16(12-20(23)26-19(18)11-14)13-25-21(24)15-6-8-17(9-7-15)22(2)3/h5-12H,4,13H2,1-3H3. The highest BCUT2D eigenvalue weighted by molar-refractivity contribution is 5.90. The van der Waals surface area contributed by atoms with E-state index in [1.807, 2.05) is 56.3 Å². The Kier molecular flexibility index (Phi) is 5.07. The van der Waals surface area contributed by atoms with Crippen LogP contribution in [0.15, 0.2) is 57.7 Å². The maximum absolute atomic E-state index is 12.3. The normalized spacial score (nSPS) is 10.7. The van der Waals surface area contributed by atoms with E-state index in [0.717, 1.165) is 23.1 Å². The summed E-state index contributed by atoms with van der Waals surface area (Å²) >= 11 is 0. The van der Waals surface area contributed by atoms with E-state index in [1.165, 1.54) is 6.07 Å². The lowest BCUT2D eigenvalue weighted by atomic mass is 10.1. The van der Waals surface area contributed by atoms with Gasteiger partial charge in [0.2, 0.25) is 0 Å². The van der Waals surface area contributed by atoms with E-state index < -0.39 is 11.6 Å². The summed E-state index contributed by atoms with van der Waals surface area (Å²) < 4.78 is 10.7. The van der Waals surface area contributed by atoms with Crippen LogP contribution in [0.1, 0.15) is 28.4 Å². The molecule has 1 heterocycles. The van der Waals surface area contributed by atoms with Gasteiger partial charge in [-0.2, -0.15) is 0 Å². The predicted octanol–water partition coefficient (Wildman–Crippen LogP) is 3.78. The minimum absolute atomic E-state index is 0.0157. The van der Waals surface area contributed by atoms with E-state index in [1.54, 1.807) is 12.1 Å². The number of hydrogen-bond donors (Lipinski definition) is 0. The second-order valence-electron chi connectivity index (χ2n) is 6.29. The number of hydrogen-bond acceptors (Lipinski definition) is 5. The lowest BCUT2D eigenvalue weighted by molar-refractivity contribution is 0.0474. The fourth-order valence-electron chi connectivity index (χ4n) is 2.74. The lowest BCUT2D eigenvalue weighted by Gasteiger charge is -2.12. The molecule has 0 spiro atoms. The van der Waals surface area contributed by atoms with Crippen molar-refractivity contribution in [3.05, 3.63) is 75.6 Å². The molecule has 0 aliphatic rings. The number of anilines is 1. The van der Waals surface area contributed by atoms with Crippen LogP contribution in [-0.2, 0) is 17.8 Å². The first-order valence-electron chi connectivity index (χ1n) is 8.48. The molecule has 0 unspecified atom stereocenters. The summed E-state index contributed by atoms with van der Waals surface area (Å²) in [5.74, 6) is -0.429. The van der Waals surface area contributed by atoms with Crippen LogP contribution in [-0.4, -0.2) is 20.1 Å². The minimum atomic E-state index is -0.452. The number of carbonyl (C=O) groups excluding carboxylic acids is 1. The second kappa shape index (κ2) is 7.44. The van der Waals surface area contributed by atoms with Gasteiger partial charge < -0.3 is 14.1 Å². The summed E-state index contributed by atoms with van der Waals surface area (Å²) in [6.07, 6.45) is 0.849. The Labute approximate surface area is 151 Å². The molecule has 0 bridgehead atoms. The average molecular weight is 351 g/mol. The molecule has 2 aromatic carbocycles. The summed E-state index contributed by atoms with van der Waals surface area (Å²) in [6, 6.07) is 14.3. The largest absolute Gasteiger partial charge is 0.457 e. The van der Waals surface area contributed by atoms with Gasteiger partial charge in [0.25, 0.3) is 0 Å². The topological polar surface area (TPSA) is 59.8 Å². The fourth-order valence-corrected chi connectivity index (χ4v) is 2.74. The molecule has 3 aromatic rings. The molecule has 0 N–H and O–H groups in total. The van der Waals surface area contributed by atoms with Crippen molar-refractivity contribution in [1.82, 2.24) is 0 Å². The highest BCUT2D eigenvalue weighted by Gasteiger charge is 2.11. The molecule has 134 valence electrons. The maximum Gasteiger partial charge on any atom is 0.338 e. The number of fused-ring (bicyclic) bond motifs is 1. The summed E-state index contributed by atoms with van der Waals surface area (Å²) in [4.78, 5) is 26.0. The van der Waals surface area contributed by atoms with Crippen LogP contribution in [0.2, 0.25) is 0 Å². The minimum Gasteiger partial charge on any atom is -0.457 e. The van der Waals surface area contributed by atoms with Crippen LogP contribution in [0.4, 0.5) is 5.69 Å². The highest BCUT2D eigenvalue weighted by Crippen LogP contribution is 2.20. The van der Waals surface area contributed by atoms with E-state index in [0.29, 0.717) is 16.7 Å². The van der Waals surface area contributed by atoms with E-state index in [2.05, 4.69) is 0 Å². The van der Waals surface area contributed by atoms with Crippen molar-refractivity contribution in [3.63, 3.8) is 0 Å². The molecule has 0 radical (unpaired) electrons. The first-order chi connectivity index (χ1) is 12.5. The zero-order valence-electron chi connectivity index (χ0n) is 15.1. The van der Waals surface area contributed by atoms with Crippen molar-refractivity contribution >= 4 is 22.6 Å². The van der Waals surface area contributed by atoms with Gasteiger partial charge in [0.05, 0.1) is 5.56 Å². The van der Waals surface area contributed by atoms with Gasteiger partial charge in [-0.15, -0.1) is 0 Å². The Balaban J connectivity index is 1.80. The van der Waals surface area contributed by atoms with Gasteiger partial charge >= 0.3 is 11.6 Å². The number of nitrogens with zero attached hydrogens (tertiary/aromatic N) is 1. The molecule has 0 saturated carbocycles. The fraction of sp³-hybridized carbons (Fsp3) is 0.238. The third-order valence-electron chi connectivity index (χ3n) is 4.28. The van der Waals surface area contributed by atoms with E-state index in [9.17, 15) is 9.59 Å². The van der Waals surface area contributed by atoms with Crippen molar-refractivity contribution in [2.45, 2.75) is 20.0 Å². The monoisotopic (exact) mass is 351 g/mol. The Morgan fingerprint density at radius 2 is 1.81 bits per heavy atom. The van der Waals surface area contributed by atoms with Crippen LogP contribution >= 0.6 is 0 Å². The van der Waals surface area contributed by atoms with Gasteiger partial charge in [0.1, 0.15) is 12.2 Å². The molecule has 5 nitrogen and oxygen atoms in total. The van der Waals surface area contributed by atoms with Crippen molar-refractivity contribution in [1.29, 1.82) is 0 Å².